The first-order chi connectivity index (χ1) is 15.3. The molecule has 0 bridgehead atoms. The third-order valence-corrected chi connectivity index (χ3v) is 6.59. The molecule has 8 nitrogen and oxygen atoms in total. The number of hydrogen-bond acceptors (Lipinski definition) is 5. The molecule has 1 aromatic heterocycles. The minimum atomic E-state index is -3.83. The lowest BCUT2D eigenvalue weighted by Crippen LogP contribution is -2.20. The van der Waals surface area contributed by atoms with Gasteiger partial charge in [-0.3, -0.25) is 18.9 Å². The molecule has 0 aliphatic heterocycles. The van der Waals surface area contributed by atoms with E-state index < -0.39 is 15.9 Å². The minimum Gasteiger partial charge on any atom is -0.332 e. The summed E-state index contributed by atoms with van der Waals surface area (Å²) in [5, 5.41) is 3.11. The van der Waals surface area contributed by atoms with Gasteiger partial charge in [-0.15, -0.1) is 0 Å². The molecular weight excluding hydrogens is 448 g/mol. The fourth-order valence-electron chi connectivity index (χ4n) is 3.13. The molecule has 1 amide bonds. The number of H-pyrrole nitrogens is 1. The number of hydrogen-bond donors (Lipinski definition) is 3. The summed E-state index contributed by atoms with van der Waals surface area (Å²) in [4.78, 5) is 28.2. The largest absolute Gasteiger partial charge is 0.332 e. The number of fused-ring (bicyclic) bond motifs is 1. The number of nitrogens with zero attached hydrogens (tertiary/aromatic N) is 1. The van der Waals surface area contributed by atoms with Crippen LogP contribution in [0.2, 0.25) is 0 Å². The highest BCUT2D eigenvalue weighted by Gasteiger charge is 2.17. The summed E-state index contributed by atoms with van der Waals surface area (Å²) in [6.45, 7) is 0. The van der Waals surface area contributed by atoms with Crippen molar-refractivity contribution in [3.05, 3.63) is 93.5 Å². The lowest BCUT2D eigenvalue weighted by Gasteiger charge is -2.14. The Bertz CT molecular complexity index is 1560. The lowest BCUT2D eigenvalue weighted by molar-refractivity contribution is 0.102. The molecule has 0 fully saturated rings. The molecule has 4 rings (SSSR count). The topological polar surface area (TPSA) is 113 Å². The summed E-state index contributed by atoms with van der Waals surface area (Å²) in [5.41, 5.74) is 0.949. The van der Waals surface area contributed by atoms with Crippen LogP contribution in [-0.4, -0.2) is 23.9 Å². The number of anilines is 2. The average Bonchev–Trinajstić information content (AvgIpc) is 2.79. The predicted octanol–water partition coefficient (Wildman–Crippen LogP) is 3.65. The normalized spacial score (nSPS) is 11.3. The predicted molar refractivity (Wildman–Crippen MR) is 126 cm³/mol. The maximum Gasteiger partial charge on any atom is 0.261 e. The van der Waals surface area contributed by atoms with Crippen molar-refractivity contribution in [2.75, 3.05) is 10.0 Å². The van der Waals surface area contributed by atoms with Gasteiger partial charge in [-0.1, -0.05) is 30.3 Å². The van der Waals surface area contributed by atoms with Crippen LogP contribution in [0, 0.1) is 4.77 Å². The zero-order valence-electron chi connectivity index (χ0n) is 16.8. The monoisotopic (exact) mass is 466 g/mol. The number of aromatic nitrogens is 2. The number of nitrogens with one attached hydrogen (secondary N) is 3. The smallest absolute Gasteiger partial charge is 0.261 e. The van der Waals surface area contributed by atoms with Crippen LogP contribution in [0.15, 0.2) is 82.5 Å². The molecule has 0 atom stereocenters. The van der Waals surface area contributed by atoms with Crippen molar-refractivity contribution in [1.29, 1.82) is 0 Å². The highest BCUT2D eigenvalue weighted by molar-refractivity contribution is 7.92. The first-order valence-electron chi connectivity index (χ1n) is 9.47. The first-order valence-corrected chi connectivity index (χ1v) is 11.4. The Morgan fingerprint density at radius 1 is 0.969 bits per heavy atom. The second-order valence-electron chi connectivity index (χ2n) is 6.97. The minimum absolute atomic E-state index is 0.104. The quantitative estimate of drug-likeness (QED) is 0.389. The van der Waals surface area contributed by atoms with E-state index in [-0.39, 0.29) is 32.2 Å². The van der Waals surface area contributed by atoms with Crippen LogP contribution in [0.5, 0.6) is 0 Å². The molecule has 3 aromatic carbocycles. The molecule has 1 heterocycles. The van der Waals surface area contributed by atoms with E-state index in [1.165, 1.54) is 28.8 Å². The summed E-state index contributed by atoms with van der Waals surface area (Å²) < 4.78 is 29.4. The zero-order valence-corrected chi connectivity index (χ0v) is 18.5. The Kier molecular flexibility index (Phi) is 5.64. The second kappa shape index (κ2) is 8.40. The second-order valence-corrected chi connectivity index (χ2v) is 9.04. The van der Waals surface area contributed by atoms with E-state index in [0.717, 1.165) is 0 Å². The highest BCUT2D eigenvalue weighted by Crippen LogP contribution is 2.25. The zero-order chi connectivity index (χ0) is 22.9. The van der Waals surface area contributed by atoms with E-state index in [1.807, 2.05) is 0 Å². The van der Waals surface area contributed by atoms with Gasteiger partial charge in [-0.2, -0.15) is 0 Å². The van der Waals surface area contributed by atoms with Crippen molar-refractivity contribution < 1.29 is 13.2 Å². The summed E-state index contributed by atoms with van der Waals surface area (Å²) >= 11 is 5.13. The molecule has 0 spiro atoms. The van der Waals surface area contributed by atoms with E-state index in [2.05, 4.69) is 15.0 Å². The summed E-state index contributed by atoms with van der Waals surface area (Å²) in [7, 11) is -2.27. The van der Waals surface area contributed by atoms with Crippen molar-refractivity contribution in [2.45, 2.75) is 4.90 Å². The van der Waals surface area contributed by atoms with E-state index in [9.17, 15) is 18.0 Å². The Labute approximate surface area is 188 Å². The molecule has 0 aliphatic rings. The van der Waals surface area contributed by atoms with Gasteiger partial charge in [0.1, 0.15) is 0 Å². The Morgan fingerprint density at radius 2 is 1.62 bits per heavy atom. The van der Waals surface area contributed by atoms with Crippen molar-refractivity contribution in [2.24, 2.45) is 7.05 Å². The van der Waals surface area contributed by atoms with Crippen molar-refractivity contribution in [3.8, 4) is 0 Å². The molecule has 10 heteroatoms. The van der Waals surface area contributed by atoms with E-state index in [0.29, 0.717) is 10.9 Å². The Hall–Kier alpha value is -3.76. The third kappa shape index (κ3) is 4.18. The Balaban J connectivity index is 1.64. The summed E-state index contributed by atoms with van der Waals surface area (Å²) in [6, 6.07) is 19.0. The first kappa shape index (κ1) is 21.5. The molecule has 0 saturated carbocycles. The van der Waals surface area contributed by atoms with Crippen LogP contribution in [0.4, 0.5) is 11.4 Å². The molecule has 0 radical (unpaired) electrons. The molecule has 0 aliphatic carbocycles. The fraction of sp³-hybridized carbons (Fsp3) is 0.0455. The summed E-state index contributed by atoms with van der Waals surface area (Å²) in [5.74, 6) is -0.474. The number of sulfonamides is 1. The molecule has 4 aromatic rings. The fourth-order valence-corrected chi connectivity index (χ4v) is 4.42. The van der Waals surface area contributed by atoms with Crippen LogP contribution in [0.25, 0.3) is 10.9 Å². The van der Waals surface area contributed by atoms with Crippen LogP contribution in [0.1, 0.15) is 10.4 Å². The lowest BCUT2D eigenvalue weighted by atomic mass is 10.1. The molecule has 32 heavy (non-hydrogen) atoms. The molecule has 162 valence electrons. The van der Waals surface area contributed by atoms with Gasteiger partial charge >= 0.3 is 0 Å². The van der Waals surface area contributed by atoms with Gasteiger partial charge < -0.3 is 10.3 Å². The number of amides is 1. The van der Waals surface area contributed by atoms with Crippen molar-refractivity contribution >= 4 is 50.4 Å². The van der Waals surface area contributed by atoms with Crippen molar-refractivity contribution in [1.82, 2.24) is 9.55 Å². The van der Waals surface area contributed by atoms with Gasteiger partial charge in [-0.05, 0) is 54.7 Å². The number of aromatic amines is 1. The van der Waals surface area contributed by atoms with E-state index in [4.69, 9.17) is 12.2 Å². The van der Waals surface area contributed by atoms with Crippen LogP contribution < -0.4 is 15.6 Å². The van der Waals surface area contributed by atoms with Gasteiger partial charge in [0.25, 0.3) is 21.5 Å². The van der Waals surface area contributed by atoms with Gasteiger partial charge in [-0.25, -0.2) is 8.42 Å². The molecule has 0 unspecified atom stereocenters. The number of rotatable bonds is 5. The van der Waals surface area contributed by atoms with Gasteiger partial charge in [0.15, 0.2) is 4.77 Å². The number of benzene rings is 3. The number of carbonyl (C=O) groups excluding carboxylic acids is 1. The standard InChI is InChI=1S/C22H18N4O4S2/c1-26-21(28)16-12-11-14(13-19(16)24-22(26)31)20(27)23-17-9-5-6-10-18(17)25-32(29,30)15-7-3-2-4-8-15/h2-13,25H,1H3,(H,23,27)(H,24,31). The Morgan fingerprint density at radius 3 is 2.34 bits per heavy atom. The van der Waals surface area contributed by atoms with Crippen molar-refractivity contribution in [3.63, 3.8) is 0 Å². The van der Waals surface area contributed by atoms with E-state index in [1.54, 1.807) is 55.6 Å². The maximum atomic E-state index is 12.9. The SMILES string of the molecule is Cn1c(=S)[nH]c2cc(C(=O)Nc3ccccc3NS(=O)(=O)c3ccccc3)ccc2c1=O. The molecule has 3 N–H and O–H groups in total. The van der Waals surface area contributed by atoms with Crippen LogP contribution in [-0.2, 0) is 17.1 Å². The summed E-state index contributed by atoms with van der Waals surface area (Å²) in [6.07, 6.45) is 0. The van der Waals surface area contributed by atoms with Gasteiger partial charge in [0.05, 0.1) is 27.2 Å². The highest BCUT2D eigenvalue weighted by atomic mass is 32.2. The number of para-hydroxylation sites is 2. The van der Waals surface area contributed by atoms with Crippen LogP contribution >= 0.6 is 12.2 Å². The van der Waals surface area contributed by atoms with Gasteiger partial charge in [0.2, 0.25) is 0 Å². The molecular formula is C22H18N4O4S2. The van der Waals surface area contributed by atoms with Crippen LogP contribution in [0.3, 0.4) is 0 Å². The number of carbonyl (C=O) groups is 1. The van der Waals surface area contributed by atoms with E-state index >= 15 is 0 Å². The average molecular weight is 467 g/mol. The third-order valence-electron chi connectivity index (χ3n) is 4.84. The van der Waals surface area contributed by atoms with Gasteiger partial charge in [0, 0.05) is 12.6 Å². The maximum absolute atomic E-state index is 12.9. The molecule has 0 saturated heterocycles.